The third kappa shape index (κ3) is 4.00. The van der Waals surface area contributed by atoms with Crippen LogP contribution in [0.15, 0.2) is 0 Å². The quantitative estimate of drug-likeness (QED) is 0.701. The summed E-state index contributed by atoms with van der Waals surface area (Å²) < 4.78 is 0. The summed E-state index contributed by atoms with van der Waals surface area (Å²) in [6.07, 6.45) is 5.28. The molecule has 1 aliphatic carbocycles. The van der Waals surface area contributed by atoms with Crippen LogP contribution in [0.25, 0.3) is 0 Å². The van der Waals surface area contributed by atoms with Gasteiger partial charge in [0.2, 0.25) is 5.91 Å². The van der Waals surface area contributed by atoms with Gasteiger partial charge in [0.1, 0.15) is 6.42 Å². The van der Waals surface area contributed by atoms with E-state index in [1.807, 2.05) is 14.1 Å². The summed E-state index contributed by atoms with van der Waals surface area (Å²) in [6.45, 7) is 0.548. The van der Waals surface area contributed by atoms with E-state index in [-0.39, 0.29) is 5.54 Å². The summed E-state index contributed by atoms with van der Waals surface area (Å²) in [4.78, 5) is 23.9. The van der Waals surface area contributed by atoms with Crippen LogP contribution < -0.4 is 5.32 Å². The maximum Gasteiger partial charge on any atom is 0.312 e. The van der Waals surface area contributed by atoms with E-state index in [2.05, 4.69) is 10.2 Å². The fourth-order valence-electron chi connectivity index (χ4n) is 2.45. The van der Waals surface area contributed by atoms with Gasteiger partial charge in [0, 0.05) is 12.1 Å². The molecule has 17 heavy (non-hydrogen) atoms. The number of carboxylic acids is 1. The van der Waals surface area contributed by atoms with E-state index in [1.54, 1.807) is 0 Å². The highest BCUT2D eigenvalue weighted by atomic mass is 16.4. The first kappa shape index (κ1) is 14.0. The molecule has 0 radical (unpaired) electrons. The van der Waals surface area contributed by atoms with Crippen LogP contribution in [0, 0.1) is 0 Å². The summed E-state index contributed by atoms with van der Waals surface area (Å²) in [5, 5.41) is 11.3. The average Bonchev–Trinajstić information content (AvgIpc) is 2.26. The van der Waals surface area contributed by atoms with Gasteiger partial charge in [0.05, 0.1) is 0 Å². The SMILES string of the molecule is CN(C)C1(CNC(=O)CC(=O)O)CCCCC1. The van der Waals surface area contributed by atoms with Crippen LogP contribution in [0.4, 0.5) is 0 Å². The molecule has 0 aliphatic heterocycles. The molecule has 1 amide bonds. The zero-order valence-electron chi connectivity index (χ0n) is 10.7. The van der Waals surface area contributed by atoms with E-state index < -0.39 is 18.3 Å². The number of carboxylic acid groups (broad SMARTS) is 1. The number of nitrogens with zero attached hydrogens (tertiary/aromatic N) is 1. The van der Waals surface area contributed by atoms with Crippen molar-refractivity contribution in [2.45, 2.75) is 44.1 Å². The Kier molecular flexibility index (Phi) is 4.93. The third-order valence-corrected chi connectivity index (χ3v) is 3.66. The highest BCUT2D eigenvalue weighted by Gasteiger charge is 2.34. The molecular formula is C12H22N2O3. The summed E-state index contributed by atoms with van der Waals surface area (Å²) >= 11 is 0. The van der Waals surface area contributed by atoms with Crippen molar-refractivity contribution in [2.24, 2.45) is 0 Å². The van der Waals surface area contributed by atoms with Gasteiger partial charge in [-0.1, -0.05) is 19.3 Å². The smallest absolute Gasteiger partial charge is 0.312 e. The van der Waals surface area contributed by atoms with Crippen molar-refractivity contribution in [3.8, 4) is 0 Å². The molecule has 1 aliphatic rings. The molecule has 5 heteroatoms. The van der Waals surface area contributed by atoms with E-state index in [1.165, 1.54) is 19.3 Å². The molecule has 0 spiro atoms. The fourth-order valence-corrected chi connectivity index (χ4v) is 2.45. The van der Waals surface area contributed by atoms with Crippen LogP contribution in [-0.4, -0.2) is 48.1 Å². The Morgan fingerprint density at radius 2 is 1.82 bits per heavy atom. The minimum absolute atomic E-state index is 0.00636. The van der Waals surface area contributed by atoms with Crippen LogP contribution in [0.1, 0.15) is 38.5 Å². The number of amides is 1. The summed E-state index contributed by atoms with van der Waals surface area (Å²) in [5.74, 6) is -1.48. The topological polar surface area (TPSA) is 69.6 Å². The Bertz CT molecular complexity index is 283. The van der Waals surface area contributed by atoms with Gasteiger partial charge in [0.15, 0.2) is 0 Å². The highest BCUT2D eigenvalue weighted by molar-refractivity contribution is 5.93. The lowest BCUT2D eigenvalue weighted by Gasteiger charge is -2.43. The van der Waals surface area contributed by atoms with Crippen molar-refractivity contribution >= 4 is 11.9 Å². The minimum atomic E-state index is -1.08. The summed E-state index contributed by atoms with van der Waals surface area (Å²) in [5.41, 5.74) is 0.00636. The number of hydrogen-bond acceptors (Lipinski definition) is 3. The summed E-state index contributed by atoms with van der Waals surface area (Å²) in [7, 11) is 4.04. The first-order valence-corrected chi connectivity index (χ1v) is 6.12. The second kappa shape index (κ2) is 6.00. The van der Waals surface area contributed by atoms with Gasteiger partial charge >= 0.3 is 5.97 Å². The van der Waals surface area contributed by atoms with Crippen molar-refractivity contribution < 1.29 is 14.7 Å². The molecule has 0 heterocycles. The Hall–Kier alpha value is -1.10. The average molecular weight is 242 g/mol. The van der Waals surface area contributed by atoms with Gasteiger partial charge in [-0.2, -0.15) is 0 Å². The monoisotopic (exact) mass is 242 g/mol. The van der Waals surface area contributed by atoms with Crippen LogP contribution >= 0.6 is 0 Å². The molecule has 0 atom stereocenters. The zero-order chi connectivity index (χ0) is 12.9. The molecule has 1 saturated carbocycles. The van der Waals surface area contributed by atoms with Gasteiger partial charge < -0.3 is 15.3 Å². The predicted octanol–water partition coefficient (Wildman–Crippen LogP) is 0.842. The third-order valence-electron chi connectivity index (χ3n) is 3.66. The Labute approximate surface area is 102 Å². The number of carbonyl (C=O) groups excluding carboxylic acids is 1. The first-order valence-electron chi connectivity index (χ1n) is 6.12. The van der Waals surface area contributed by atoms with Gasteiger partial charge in [-0.15, -0.1) is 0 Å². The summed E-state index contributed by atoms with van der Waals surface area (Å²) in [6, 6.07) is 0. The van der Waals surface area contributed by atoms with Gasteiger partial charge in [-0.3, -0.25) is 9.59 Å². The highest BCUT2D eigenvalue weighted by Crippen LogP contribution is 2.31. The molecular weight excluding hydrogens is 220 g/mol. The molecule has 0 aromatic heterocycles. The Balaban J connectivity index is 2.50. The lowest BCUT2D eigenvalue weighted by Crippen LogP contribution is -2.53. The number of likely N-dealkylation sites (N-methyl/N-ethyl adjacent to an activating group) is 1. The second-order valence-corrected chi connectivity index (χ2v) is 5.03. The van der Waals surface area contributed by atoms with E-state index in [4.69, 9.17) is 5.11 Å². The van der Waals surface area contributed by atoms with Gasteiger partial charge in [-0.25, -0.2) is 0 Å². The number of nitrogens with one attached hydrogen (secondary N) is 1. The van der Waals surface area contributed by atoms with E-state index in [9.17, 15) is 9.59 Å². The standard InChI is InChI=1S/C12H22N2O3/c1-14(2)12(6-4-3-5-7-12)9-13-10(15)8-11(16)17/h3-9H2,1-2H3,(H,13,15)(H,16,17). The predicted molar refractivity (Wildman–Crippen MR) is 64.8 cm³/mol. The van der Waals surface area contributed by atoms with E-state index in [0.29, 0.717) is 6.54 Å². The van der Waals surface area contributed by atoms with E-state index >= 15 is 0 Å². The molecule has 0 aromatic carbocycles. The van der Waals surface area contributed by atoms with Gasteiger partial charge in [0.25, 0.3) is 0 Å². The molecule has 0 unspecified atom stereocenters. The van der Waals surface area contributed by atoms with E-state index in [0.717, 1.165) is 12.8 Å². The van der Waals surface area contributed by atoms with Crippen LogP contribution in [0.3, 0.4) is 0 Å². The molecule has 0 aromatic rings. The molecule has 1 rings (SSSR count). The molecule has 2 N–H and O–H groups in total. The molecule has 5 nitrogen and oxygen atoms in total. The number of aliphatic carboxylic acids is 1. The van der Waals surface area contributed by atoms with Crippen molar-refractivity contribution in [2.75, 3.05) is 20.6 Å². The van der Waals surface area contributed by atoms with Crippen molar-refractivity contribution in [3.63, 3.8) is 0 Å². The first-order chi connectivity index (χ1) is 7.96. The molecule has 0 bridgehead atoms. The Morgan fingerprint density at radius 3 is 2.29 bits per heavy atom. The number of hydrogen-bond donors (Lipinski definition) is 2. The fraction of sp³-hybridized carbons (Fsp3) is 0.833. The van der Waals surface area contributed by atoms with Crippen LogP contribution in [0.2, 0.25) is 0 Å². The molecule has 98 valence electrons. The number of rotatable bonds is 5. The lowest BCUT2D eigenvalue weighted by molar-refractivity contribution is -0.140. The number of carbonyl (C=O) groups is 2. The zero-order valence-corrected chi connectivity index (χ0v) is 10.7. The maximum atomic E-state index is 11.4. The molecule has 0 saturated heterocycles. The minimum Gasteiger partial charge on any atom is -0.481 e. The molecule has 1 fully saturated rings. The van der Waals surface area contributed by atoms with Crippen molar-refractivity contribution in [1.82, 2.24) is 10.2 Å². The lowest BCUT2D eigenvalue weighted by atomic mass is 9.80. The van der Waals surface area contributed by atoms with Crippen molar-refractivity contribution in [3.05, 3.63) is 0 Å². The van der Waals surface area contributed by atoms with Crippen LogP contribution in [0.5, 0.6) is 0 Å². The largest absolute Gasteiger partial charge is 0.481 e. The van der Waals surface area contributed by atoms with Crippen LogP contribution in [-0.2, 0) is 9.59 Å². The second-order valence-electron chi connectivity index (χ2n) is 5.03. The maximum absolute atomic E-state index is 11.4. The van der Waals surface area contributed by atoms with Crippen molar-refractivity contribution in [1.29, 1.82) is 0 Å². The van der Waals surface area contributed by atoms with Gasteiger partial charge in [-0.05, 0) is 26.9 Å². The Morgan fingerprint density at radius 1 is 1.24 bits per heavy atom. The normalized spacial score (nSPS) is 19.0.